The molecule has 0 radical (unpaired) electrons. The summed E-state index contributed by atoms with van der Waals surface area (Å²) in [6.07, 6.45) is 3.03. The maximum Gasteiger partial charge on any atom is 0.410 e. The highest BCUT2D eigenvalue weighted by atomic mass is 16.6. The van der Waals surface area contributed by atoms with Crippen molar-refractivity contribution in [2.75, 3.05) is 13.1 Å². The summed E-state index contributed by atoms with van der Waals surface area (Å²) >= 11 is 0. The average molecular weight is 226 g/mol. The van der Waals surface area contributed by atoms with Gasteiger partial charge >= 0.3 is 6.09 Å². The Morgan fingerprint density at radius 2 is 2.06 bits per heavy atom. The molecule has 0 bridgehead atoms. The van der Waals surface area contributed by atoms with E-state index in [1.54, 1.807) is 0 Å². The number of carbonyl (C=O) groups excluding carboxylic acids is 1. The summed E-state index contributed by atoms with van der Waals surface area (Å²) in [7, 11) is 0. The van der Waals surface area contributed by atoms with Crippen LogP contribution in [0.5, 0.6) is 0 Å². The van der Waals surface area contributed by atoms with E-state index in [4.69, 9.17) is 10.5 Å². The maximum absolute atomic E-state index is 11.9. The van der Waals surface area contributed by atoms with Crippen LogP contribution in [0.25, 0.3) is 0 Å². The third-order valence-electron chi connectivity index (χ3n) is 3.55. The minimum atomic E-state index is -0.409. The summed E-state index contributed by atoms with van der Waals surface area (Å²) in [5.74, 6) is 0. The first-order valence-electron chi connectivity index (χ1n) is 6.06. The number of ether oxygens (including phenoxy) is 1. The van der Waals surface area contributed by atoms with Gasteiger partial charge in [0.25, 0.3) is 0 Å². The molecule has 1 saturated heterocycles. The number of piperidine rings is 1. The Hall–Kier alpha value is -0.770. The largest absolute Gasteiger partial charge is 0.444 e. The van der Waals surface area contributed by atoms with Crippen molar-refractivity contribution in [3.8, 4) is 0 Å². The van der Waals surface area contributed by atoms with Gasteiger partial charge in [0.1, 0.15) is 5.60 Å². The van der Waals surface area contributed by atoms with Gasteiger partial charge in [0.05, 0.1) is 0 Å². The Morgan fingerprint density at radius 1 is 1.44 bits per heavy atom. The van der Waals surface area contributed by atoms with Crippen LogP contribution >= 0.6 is 0 Å². The van der Waals surface area contributed by atoms with Crippen LogP contribution in [-0.4, -0.2) is 35.7 Å². The molecule has 1 aliphatic heterocycles. The van der Waals surface area contributed by atoms with Crippen LogP contribution in [0, 0.1) is 5.41 Å². The summed E-state index contributed by atoms with van der Waals surface area (Å²) in [6.45, 7) is 7.20. The summed E-state index contributed by atoms with van der Waals surface area (Å²) < 4.78 is 5.38. The SMILES string of the molecule is CC(C)(C)OC(=O)N1CC[C@H](N)C2(CC2)C1. The lowest BCUT2D eigenvalue weighted by molar-refractivity contribution is 0.0126. The highest BCUT2D eigenvalue weighted by molar-refractivity contribution is 5.68. The van der Waals surface area contributed by atoms with Gasteiger partial charge in [0, 0.05) is 24.5 Å². The van der Waals surface area contributed by atoms with E-state index in [0.29, 0.717) is 0 Å². The Labute approximate surface area is 97.1 Å². The van der Waals surface area contributed by atoms with E-state index in [-0.39, 0.29) is 17.6 Å². The van der Waals surface area contributed by atoms with Crippen molar-refractivity contribution in [1.82, 2.24) is 4.90 Å². The molecule has 1 atom stereocenters. The molecule has 2 rings (SSSR count). The van der Waals surface area contributed by atoms with Crippen LogP contribution in [0.3, 0.4) is 0 Å². The van der Waals surface area contributed by atoms with E-state index in [9.17, 15) is 4.79 Å². The highest BCUT2D eigenvalue weighted by Gasteiger charge is 2.52. The minimum absolute atomic E-state index is 0.189. The lowest BCUT2D eigenvalue weighted by Crippen LogP contribution is -2.51. The lowest BCUT2D eigenvalue weighted by Gasteiger charge is -2.37. The number of rotatable bonds is 0. The standard InChI is InChI=1S/C12H22N2O2/c1-11(2,3)16-10(15)14-7-4-9(13)12(8-14)5-6-12/h9H,4-8,13H2,1-3H3/t9-/m0/s1. The summed E-state index contributed by atoms with van der Waals surface area (Å²) in [5, 5.41) is 0. The Bertz CT molecular complexity index is 292. The fourth-order valence-electron chi connectivity index (χ4n) is 2.35. The van der Waals surface area contributed by atoms with Crippen molar-refractivity contribution in [1.29, 1.82) is 0 Å². The number of hydrogen-bond donors (Lipinski definition) is 1. The van der Waals surface area contributed by atoms with Crippen molar-refractivity contribution in [3.63, 3.8) is 0 Å². The molecule has 2 fully saturated rings. The van der Waals surface area contributed by atoms with E-state index < -0.39 is 5.60 Å². The first kappa shape index (κ1) is 11.7. The van der Waals surface area contributed by atoms with Gasteiger partial charge in [-0.05, 0) is 40.0 Å². The maximum atomic E-state index is 11.9. The fraction of sp³-hybridized carbons (Fsp3) is 0.917. The zero-order chi connectivity index (χ0) is 12.0. The fourth-order valence-corrected chi connectivity index (χ4v) is 2.35. The third kappa shape index (κ3) is 2.32. The molecule has 1 aliphatic carbocycles. The zero-order valence-corrected chi connectivity index (χ0v) is 10.5. The number of carbonyl (C=O) groups is 1. The van der Waals surface area contributed by atoms with Gasteiger partial charge in [-0.15, -0.1) is 0 Å². The van der Waals surface area contributed by atoms with Crippen LogP contribution in [0.2, 0.25) is 0 Å². The van der Waals surface area contributed by atoms with Gasteiger partial charge in [-0.2, -0.15) is 0 Å². The molecule has 4 heteroatoms. The predicted octanol–water partition coefficient (Wildman–Crippen LogP) is 1.73. The molecule has 2 N–H and O–H groups in total. The van der Waals surface area contributed by atoms with E-state index >= 15 is 0 Å². The van der Waals surface area contributed by atoms with E-state index in [0.717, 1.165) is 32.4 Å². The predicted molar refractivity (Wildman–Crippen MR) is 62.1 cm³/mol. The summed E-state index contributed by atoms with van der Waals surface area (Å²) in [6, 6.07) is 0.270. The highest BCUT2D eigenvalue weighted by Crippen LogP contribution is 2.51. The van der Waals surface area contributed by atoms with Crippen molar-refractivity contribution in [3.05, 3.63) is 0 Å². The van der Waals surface area contributed by atoms with Crippen molar-refractivity contribution in [2.24, 2.45) is 11.1 Å². The minimum Gasteiger partial charge on any atom is -0.444 e. The van der Waals surface area contributed by atoms with Gasteiger partial charge in [-0.1, -0.05) is 0 Å². The third-order valence-corrected chi connectivity index (χ3v) is 3.55. The van der Waals surface area contributed by atoms with Crippen LogP contribution in [0.1, 0.15) is 40.0 Å². The number of nitrogens with two attached hydrogens (primary N) is 1. The second-order valence-corrected chi connectivity index (χ2v) is 6.16. The van der Waals surface area contributed by atoms with Crippen LogP contribution in [-0.2, 0) is 4.74 Å². The van der Waals surface area contributed by atoms with Crippen molar-refractivity contribution in [2.45, 2.75) is 51.7 Å². The van der Waals surface area contributed by atoms with Gasteiger partial charge in [-0.25, -0.2) is 4.79 Å². The van der Waals surface area contributed by atoms with E-state index in [1.807, 2.05) is 25.7 Å². The summed E-state index contributed by atoms with van der Waals surface area (Å²) in [5.41, 5.74) is 5.89. The Kier molecular flexibility index (Phi) is 2.65. The van der Waals surface area contributed by atoms with E-state index in [1.165, 1.54) is 0 Å². The molecule has 0 aromatic heterocycles. The van der Waals surface area contributed by atoms with Crippen LogP contribution < -0.4 is 5.73 Å². The quantitative estimate of drug-likeness (QED) is 0.684. The Balaban J connectivity index is 1.94. The molecule has 1 heterocycles. The van der Waals surface area contributed by atoms with E-state index in [2.05, 4.69) is 0 Å². The normalized spacial score (nSPS) is 28.0. The molecule has 2 aliphatic rings. The summed E-state index contributed by atoms with van der Waals surface area (Å²) in [4.78, 5) is 13.7. The topological polar surface area (TPSA) is 55.6 Å². The van der Waals surface area contributed by atoms with Crippen molar-refractivity contribution >= 4 is 6.09 Å². The van der Waals surface area contributed by atoms with Crippen LogP contribution in [0.4, 0.5) is 4.79 Å². The first-order chi connectivity index (χ1) is 7.32. The molecule has 4 nitrogen and oxygen atoms in total. The molecule has 1 spiro atoms. The molecule has 0 aromatic rings. The zero-order valence-electron chi connectivity index (χ0n) is 10.5. The Morgan fingerprint density at radius 3 is 2.56 bits per heavy atom. The van der Waals surface area contributed by atoms with Gasteiger partial charge in [-0.3, -0.25) is 0 Å². The molecule has 16 heavy (non-hydrogen) atoms. The second-order valence-electron chi connectivity index (χ2n) is 6.16. The van der Waals surface area contributed by atoms with Crippen LogP contribution in [0.15, 0.2) is 0 Å². The molecule has 0 unspecified atom stereocenters. The first-order valence-corrected chi connectivity index (χ1v) is 6.06. The molecule has 92 valence electrons. The molecule has 0 aromatic carbocycles. The molecule has 1 saturated carbocycles. The number of hydrogen-bond acceptors (Lipinski definition) is 3. The molecular weight excluding hydrogens is 204 g/mol. The lowest BCUT2D eigenvalue weighted by atomic mass is 9.90. The van der Waals surface area contributed by atoms with Gasteiger partial charge in [0.2, 0.25) is 0 Å². The second kappa shape index (κ2) is 3.62. The number of nitrogens with zero attached hydrogens (tertiary/aromatic N) is 1. The monoisotopic (exact) mass is 226 g/mol. The molecule has 1 amide bonds. The number of likely N-dealkylation sites (tertiary alicyclic amines) is 1. The van der Waals surface area contributed by atoms with Gasteiger partial charge in [0.15, 0.2) is 0 Å². The molecular formula is C12H22N2O2. The number of amides is 1. The average Bonchev–Trinajstić information content (AvgIpc) is 2.88. The van der Waals surface area contributed by atoms with Crippen molar-refractivity contribution < 1.29 is 9.53 Å². The smallest absolute Gasteiger partial charge is 0.410 e. The van der Waals surface area contributed by atoms with Gasteiger partial charge < -0.3 is 15.4 Å².